The van der Waals surface area contributed by atoms with Crippen molar-refractivity contribution in [3.63, 3.8) is 0 Å². The van der Waals surface area contributed by atoms with Crippen molar-refractivity contribution in [3.8, 4) is 0 Å². The van der Waals surface area contributed by atoms with E-state index in [1.165, 1.54) is 89.9 Å². The molecule has 0 fully saturated rings. The maximum absolute atomic E-state index is 10.6. The minimum atomic E-state index is -0.170. The van der Waals surface area contributed by atoms with E-state index in [2.05, 4.69) is 19.1 Å². The van der Waals surface area contributed by atoms with E-state index in [0.29, 0.717) is 18.9 Å². The number of hydrogen-bond donors (Lipinski definition) is 2. The van der Waals surface area contributed by atoms with Gasteiger partial charge in [-0.25, -0.2) is 0 Å². The molecule has 0 radical (unpaired) electrons. The average Bonchev–Trinajstić information content (AvgIpc) is 2.63. The van der Waals surface area contributed by atoms with Gasteiger partial charge in [0.2, 0.25) is 5.91 Å². The zero-order valence-electron chi connectivity index (χ0n) is 17.4. The lowest BCUT2D eigenvalue weighted by Crippen LogP contribution is -2.09. The van der Waals surface area contributed by atoms with Crippen molar-refractivity contribution in [2.75, 3.05) is 6.61 Å². The molecule has 0 rings (SSSR count). The molecule has 154 valence electrons. The summed E-state index contributed by atoms with van der Waals surface area (Å²) in [6, 6.07) is 0. The Balaban J connectivity index is 3.25. The molecule has 0 saturated heterocycles. The Hall–Kier alpha value is -0.830. The molecule has 0 bridgehead atoms. The van der Waals surface area contributed by atoms with E-state index in [0.717, 1.165) is 12.8 Å². The van der Waals surface area contributed by atoms with Crippen LogP contribution in [0.25, 0.3) is 0 Å². The number of amides is 1. The number of primary amides is 1. The van der Waals surface area contributed by atoms with E-state index in [9.17, 15) is 9.90 Å². The SMILES string of the molecule is CCCCC(CO)CCCCCC/C=C\CCCCCCCCC(N)=O. The molecule has 0 aromatic rings. The van der Waals surface area contributed by atoms with Crippen molar-refractivity contribution < 1.29 is 9.90 Å². The number of unbranched alkanes of at least 4 members (excludes halogenated alkanes) is 11. The summed E-state index contributed by atoms with van der Waals surface area (Å²) in [4.78, 5) is 10.6. The number of allylic oxidation sites excluding steroid dienone is 2. The maximum atomic E-state index is 10.6. The van der Waals surface area contributed by atoms with Crippen LogP contribution in [-0.2, 0) is 4.79 Å². The Morgan fingerprint density at radius 3 is 1.85 bits per heavy atom. The van der Waals surface area contributed by atoms with Gasteiger partial charge in [0.1, 0.15) is 0 Å². The predicted octanol–water partition coefficient (Wildman–Crippen LogP) is 6.29. The van der Waals surface area contributed by atoms with Gasteiger partial charge in [-0.15, -0.1) is 0 Å². The van der Waals surface area contributed by atoms with Crippen LogP contribution in [0.5, 0.6) is 0 Å². The van der Waals surface area contributed by atoms with Gasteiger partial charge in [0, 0.05) is 13.0 Å². The van der Waals surface area contributed by atoms with Crippen LogP contribution in [-0.4, -0.2) is 17.6 Å². The zero-order valence-corrected chi connectivity index (χ0v) is 17.4. The largest absolute Gasteiger partial charge is 0.396 e. The van der Waals surface area contributed by atoms with Crippen LogP contribution in [0.2, 0.25) is 0 Å². The van der Waals surface area contributed by atoms with Gasteiger partial charge in [-0.05, 0) is 50.9 Å². The Labute approximate surface area is 162 Å². The fraction of sp³-hybridized carbons (Fsp3) is 0.870. The number of carbonyl (C=O) groups is 1. The molecule has 0 aliphatic rings. The molecule has 0 spiro atoms. The Kier molecular flexibility index (Phi) is 19.8. The monoisotopic (exact) mass is 367 g/mol. The van der Waals surface area contributed by atoms with Gasteiger partial charge in [0.25, 0.3) is 0 Å². The molecule has 0 heterocycles. The second-order valence-electron chi connectivity index (χ2n) is 7.78. The lowest BCUT2D eigenvalue weighted by atomic mass is 9.96. The van der Waals surface area contributed by atoms with Crippen LogP contribution in [0.4, 0.5) is 0 Å². The smallest absolute Gasteiger partial charge is 0.217 e. The fourth-order valence-corrected chi connectivity index (χ4v) is 3.37. The van der Waals surface area contributed by atoms with Crippen LogP contribution >= 0.6 is 0 Å². The first-order valence-electron chi connectivity index (χ1n) is 11.2. The van der Waals surface area contributed by atoms with Gasteiger partial charge in [-0.1, -0.05) is 76.9 Å². The molecule has 3 N–H and O–H groups in total. The molecular formula is C23H45NO2. The molecule has 26 heavy (non-hydrogen) atoms. The molecule has 0 aromatic heterocycles. The summed E-state index contributed by atoms with van der Waals surface area (Å²) in [6.45, 7) is 2.59. The van der Waals surface area contributed by atoms with Gasteiger partial charge in [-0.2, -0.15) is 0 Å². The molecule has 1 amide bonds. The summed E-state index contributed by atoms with van der Waals surface area (Å²) in [5.41, 5.74) is 5.12. The van der Waals surface area contributed by atoms with E-state index >= 15 is 0 Å². The van der Waals surface area contributed by atoms with Crippen molar-refractivity contribution in [1.29, 1.82) is 0 Å². The first-order valence-corrected chi connectivity index (χ1v) is 11.2. The predicted molar refractivity (Wildman–Crippen MR) is 113 cm³/mol. The van der Waals surface area contributed by atoms with Gasteiger partial charge in [0.15, 0.2) is 0 Å². The molecular weight excluding hydrogens is 322 g/mol. The molecule has 1 unspecified atom stereocenters. The quantitative estimate of drug-likeness (QED) is 0.196. The summed E-state index contributed by atoms with van der Waals surface area (Å²) in [5, 5.41) is 9.36. The topological polar surface area (TPSA) is 63.3 Å². The highest BCUT2D eigenvalue weighted by atomic mass is 16.3. The highest BCUT2D eigenvalue weighted by molar-refractivity contribution is 5.73. The van der Waals surface area contributed by atoms with Gasteiger partial charge >= 0.3 is 0 Å². The Morgan fingerprint density at radius 2 is 1.31 bits per heavy atom. The minimum Gasteiger partial charge on any atom is -0.396 e. The summed E-state index contributed by atoms with van der Waals surface area (Å²) in [7, 11) is 0. The van der Waals surface area contributed by atoms with Crippen LogP contribution in [0.3, 0.4) is 0 Å². The highest BCUT2D eigenvalue weighted by Crippen LogP contribution is 2.17. The highest BCUT2D eigenvalue weighted by Gasteiger charge is 2.05. The van der Waals surface area contributed by atoms with Gasteiger partial charge in [0.05, 0.1) is 0 Å². The first kappa shape index (κ1) is 25.2. The summed E-state index contributed by atoms with van der Waals surface area (Å²) in [5.74, 6) is 0.370. The van der Waals surface area contributed by atoms with E-state index < -0.39 is 0 Å². The lowest BCUT2D eigenvalue weighted by Gasteiger charge is -2.12. The molecule has 0 aromatic carbocycles. The van der Waals surface area contributed by atoms with Gasteiger partial charge in [-0.3, -0.25) is 4.79 Å². The van der Waals surface area contributed by atoms with E-state index in [-0.39, 0.29) is 5.91 Å². The van der Waals surface area contributed by atoms with Crippen molar-refractivity contribution in [2.24, 2.45) is 11.7 Å². The molecule has 0 saturated carbocycles. The maximum Gasteiger partial charge on any atom is 0.217 e. The number of aliphatic hydroxyl groups is 1. The van der Waals surface area contributed by atoms with Crippen LogP contribution < -0.4 is 5.73 Å². The molecule has 1 atom stereocenters. The third-order valence-electron chi connectivity index (χ3n) is 5.17. The summed E-state index contributed by atoms with van der Waals surface area (Å²) >= 11 is 0. The van der Waals surface area contributed by atoms with Crippen molar-refractivity contribution in [3.05, 3.63) is 12.2 Å². The van der Waals surface area contributed by atoms with Crippen LogP contribution in [0.1, 0.15) is 116 Å². The molecule has 3 nitrogen and oxygen atoms in total. The third kappa shape index (κ3) is 19.5. The second kappa shape index (κ2) is 20.5. The number of rotatable bonds is 20. The Morgan fingerprint density at radius 1 is 0.808 bits per heavy atom. The second-order valence-corrected chi connectivity index (χ2v) is 7.78. The van der Waals surface area contributed by atoms with E-state index in [4.69, 9.17) is 5.73 Å². The zero-order chi connectivity index (χ0) is 19.3. The molecule has 0 aliphatic carbocycles. The van der Waals surface area contributed by atoms with Gasteiger partial charge < -0.3 is 10.8 Å². The fourth-order valence-electron chi connectivity index (χ4n) is 3.37. The normalized spacial score (nSPS) is 12.7. The first-order chi connectivity index (χ1) is 12.7. The third-order valence-corrected chi connectivity index (χ3v) is 5.17. The van der Waals surface area contributed by atoms with Crippen molar-refractivity contribution >= 4 is 5.91 Å². The number of hydrogen-bond acceptors (Lipinski definition) is 2. The van der Waals surface area contributed by atoms with E-state index in [1.54, 1.807) is 0 Å². The molecule has 0 aliphatic heterocycles. The number of carbonyl (C=O) groups excluding carboxylic acids is 1. The van der Waals surface area contributed by atoms with Crippen molar-refractivity contribution in [2.45, 2.75) is 116 Å². The number of aliphatic hydroxyl groups excluding tert-OH is 1. The number of nitrogens with two attached hydrogens (primary N) is 1. The van der Waals surface area contributed by atoms with Crippen molar-refractivity contribution in [1.82, 2.24) is 0 Å². The molecule has 3 heteroatoms. The minimum absolute atomic E-state index is 0.170. The van der Waals surface area contributed by atoms with E-state index in [1.807, 2.05) is 0 Å². The average molecular weight is 368 g/mol. The van der Waals surface area contributed by atoms with Crippen LogP contribution in [0.15, 0.2) is 12.2 Å². The standard InChI is InChI=1S/C23H45NO2/c1-2-3-18-22(21-25)19-16-14-12-10-8-6-4-5-7-9-11-13-15-17-20-23(24)26/h4,6,22,25H,2-3,5,7-21H2,1H3,(H2,24,26)/b6-4-. The summed E-state index contributed by atoms with van der Waals surface area (Å²) in [6.07, 6.45) is 24.9. The summed E-state index contributed by atoms with van der Waals surface area (Å²) < 4.78 is 0. The van der Waals surface area contributed by atoms with Crippen LogP contribution in [0, 0.1) is 5.92 Å². The lowest BCUT2D eigenvalue weighted by molar-refractivity contribution is -0.118. The Bertz CT molecular complexity index is 328.